The van der Waals surface area contributed by atoms with Crippen molar-refractivity contribution < 1.29 is 4.42 Å². The highest BCUT2D eigenvalue weighted by atomic mass is 127. The first kappa shape index (κ1) is 14.8. The largest absolute Gasteiger partial charge is 0.454 e. The summed E-state index contributed by atoms with van der Waals surface area (Å²) in [4.78, 5) is 15.7. The third-order valence-corrected chi connectivity index (χ3v) is 4.52. The van der Waals surface area contributed by atoms with E-state index in [9.17, 15) is 0 Å². The molecule has 0 unspecified atom stereocenters. The Morgan fingerprint density at radius 2 is 2.17 bits per heavy atom. The van der Waals surface area contributed by atoms with Crippen LogP contribution in [0.15, 0.2) is 47.3 Å². The molecule has 0 aliphatic carbocycles. The lowest BCUT2D eigenvalue weighted by Gasteiger charge is -2.27. The van der Waals surface area contributed by atoms with Crippen molar-refractivity contribution in [2.45, 2.75) is 19.5 Å². The van der Waals surface area contributed by atoms with Crippen LogP contribution < -0.4 is 0 Å². The number of halogens is 1. The van der Waals surface area contributed by atoms with Crippen LogP contribution in [-0.2, 0) is 19.5 Å². The highest BCUT2D eigenvalue weighted by Gasteiger charge is 2.19. The zero-order valence-electron chi connectivity index (χ0n) is 12.4. The summed E-state index contributed by atoms with van der Waals surface area (Å²) in [5, 5.41) is 0. The molecule has 1 aliphatic heterocycles. The molecule has 0 N–H and O–H groups in total. The van der Waals surface area contributed by atoms with E-state index in [0.717, 1.165) is 52.7 Å². The summed E-state index contributed by atoms with van der Waals surface area (Å²) < 4.78 is 6.59. The van der Waals surface area contributed by atoms with Crippen LogP contribution in [-0.4, -0.2) is 26.4 Å². The van der Waals surface area contributed by atoms with Crippen molar-refractivity contribution >= 4 is 22.6 Å². The molecule has 116 valence electrons. The predicted octanol–water partition coefficient (Wildman–Crippen LogP) is 3.29. The van der Waals surface area contributed by atoms with E-state index in [2.05, 4.69) is 37.5 Å². The predicted molar refractivity (Wildman–Crippen MR) is 94.5 cm³/mol. The summed E-state index contributed by atoms with van der Waals surface area (Å²) in [5.41, 5.74) is 3.30. The summed E-state index contributed by atoms with van der Waals surface area (Å²) in [6, 6.07) is 7.93. The maximum Gasteiger partial charge on any atom is 0.164 e. The molecule has 3 aromatic heterocycles. The highest BCUT2D eigenvalue weighted by Crippen LogP contribution is 2.22. The SMILES string of the molecule is Ic1ccc(CN2CCc3nc(-c4cccnc4)ncc3C2)o1. The van der Waals surface area contributed by atoms with E-state index in [4.69, 9.17) is 9.40 Å². The minimum Gasteiger partial charge on any atom is -0.454 e. The first-order valence-electron chi connectivity index (χ1n) is 7.50. The topological polar surface area (TPSA) is 55.1 Å². The van der Waals surface area contributed by atoms with E-state index < -0.39 is 0 Å². The Labute approximate surface area is 147 Å². The lowest BCUT2D eigenvalue weighted by molar-refractivity contribution is 0.222. The van der Waals surface area contributed by atoms with Gasteiger partial charge in [-0.2, -0.15) is 0 Å². The summed E-state index contributed by atoms with van der Waals surface area (Å²) in [5.74, 6) is 1.76. The second-order valence-corrected chi connectivity index (χ2v) is 6.64. The molecule has 0 amide bonds. The number of aromatic nitrogens is 3. The van der Waals surface area contributed by atoms with Gasteiger partial charge in [-0.1, -0.05) is 0 Å². The monoisotopic (exact) mass is 418 g/mol. The van der Waals surface area contributed by atoms with Crippen LogP contribution in [0.5, 0.6) is 0 Å². The van der Waals surface area contributed by atoms with Gasteiger partial charge in [-0.3, -0.25) is 9.88 Å². The van der Waals surface area contributed by atoms with Crippen LogP contribution in [0.25, 0.3) is 11.4 Å². The molecule has 1 aliphatic rings. The van der Waals surface area contributed by atoms with Crippen LogP contribution in [0.1, 0.15) is 17.0 Å². The summed E-state index contributed by atoms with van der Waals surface area (Å²) >= 11 is 2.19. The van der Waals surface area contributed by atoms with Crippen molar-refractivity contribution in [3.63, 3.8) is 0 Å². The average Bonchev–Trinajstić information content (AvgIpc) is 3.00. The van der Waals surface area contributed by atoms with Crippen molar-refractivity contribution in [1.29, 1.82) is 0 Å². The fraction of sp³-hybridized carbons (Fsp3) is 0.235. The van der Waals surface area contributed by atoms with E-state index in [1.165, 1.54) is 5.56 Å². The minimum atomic E-state index is 0.755. The molecule has 4 rings (SSSR count). The fourth-order valence-electron chi connectivity index (χ4n) is 2.80. The lowest BCUT2D eigenvalue weighted by atomic mass is 10.1. The highest BCUT2D eigenvalue weighted by molar-refractivity contribution is 14.1. The Bertz CT molecular complexity index is 818. The smallest absolute Gasteiger partial charge is 0.164 e. The minimum absolute atomic E-state index is 0.755. The van der Waals surface area contributed by atoms with Crippen LogP contribution in [0.2, 0.25) is 0 Å². The lowest BCUT2D eigenvalue weighted by Crippen LogP contribution is -2.30. The number of fused-ring (bicyclic) bond motifs is 1. The number of nitrogens with zero attached hydrogens (tertiary/aromatic N) is 4. The van der Waals surface area contributed by atoms with Gasteiger partial charge in [0.15, 0.2) is 9.59 Å². The molecule has 3 aromatic rings. The number of furan rings is 1. The second-order valence-electron chi connectivity index (χ2n) is 5.57. The Morgan fingerprint density at radius 3 is 2.96 bits per heavy atom. The Kier molecular flexibility index (Phi) is 4.09. The van der Waals surface area contributed by atoms with Crippen molar-refractivity contribution in [3.8, 4) is 11.4 Å². The summed E-state index contributed by atoms with van der Waals surface area (Å²) in [7, 11) is 0. The fourth-order valence-corrected chi connectivity index (χ4v) is 3.26. The zero-order chi connectivity index (χ0) is 15.6. The van der Waals surface area contributed by atoms with Crippen LogP contribution >= 0.6 is 22.6 Å². The van der Waals surface area contributed by atoms with Gasteiger partial charge in [0.05, 0.1) is 12.2 Å². The third kappa shape index (κ3) is 3.28. The number of hydrogen-bond acceptors (Lipinski definition) is 5. The zero-order valence-corrected chi connectivity index (χ0v) is 14.6. The van der Waals surface area contributed by atoms with Crippen molar-refractivity contribution in [3.05, 3.63) is 63.6 Å². The molecule has 23 heavy (non-hydrogen) atoms. The standard InChI is InChI=1S/C17H15IN4O/c18-16-4-3-14(23-16)11-22-7-5-15-13(10-22)9-20-17(21-15)12-2-1-6-19-8-12/h1-4,6,8-9H,5,7,10-11H2. The molecule has 0 saturated carbocycles. The maximum absolute atomic E-state index is 5.66. The molecule has 0 bridgehead atoms. The van der Waals surface area contributed by atoms with Gasteiger partial charge in [-0.25, -0.2) is 9.97 Å². The average molecular weight is 418 g/mol. The maximum atomic E-state index is 5.66. The quantitative estimate of drug-likeness (QED) is 0.612. The summed E-state index contributed by atoms with van der Waals surface area (Å²) in [6.45, 7) is 2.67. The van der Waals surface area contributed by atoms with Gasteiger partial charge in [-0.15, -0.1) is 0 Å². The normalized spacial score (nSPS) is 14.7. The van der Waals surface area contributed by atoms with Gasteiger partial charge in [0.1, 0.15) is 5.76 Å². The molecule has 0 atom stereocenters. The first-order chi connectivity index (χ1) is 11.3. The molecule has 0 spiro atoms. The molecule has 0 saturated heterocycles. The van der Waals surface area contributed by atoms with Crippen LogP contribution in [0, 0.1) is 3.77 Å². The van der Waals surface area contributed by atoms with Crippen molar-refractivity contribution in [1.82, 2.24) is 19.9 Å². The van der Waals surface area contributed by atoms with Gasteiger partial charge in [0.25, 0.3) is 0 Å². The van der Waals surface area contributed by atoms with E-state index in [0.29, 0.717) is 0 Å². The van der Waals surface area contributed by atoms with Crippen LogP contribution in [0.3, 0.4) is 0 Å². The van der Waals surface area contributed by atoms with Crippen molar-refractivity contribution in [2.24, 2.45) is 0 Å². The van der Waals surface area contributed by atoms with Crippen molar-refractivity contribution in [2.75, 3.05) is 6.54 Å². The second kappa shape index (κ2) is 6.37. The van der Waals surface area contributed by atoms with Gasteiger partial charge in [0, 0.05) is 49.2 Å². The molecular weight excluding hydrogens is 403 g/mol. The molecule has 6 heteroatoms. The molecule has 0 fully saturated rings. The molecule has 0 aromatic carbocycles. The molecule has 4 heterocycles. The third-order valence-electron chi connectivity index (χ3n) is 3.94. The van der Waals surface area contributed by atoms with Gasteiger partial charge in [-0.05, 0) is 46.9 Å². The van der Waals surface area contributed by atoms with Crippen LogP contribution in [0.4, 0.5) is 0 Å². The van der Waals surface area contributed by atoms with E-state index in [1.54, 1.807) is 12.4 Å². The summed E-state index contributed by atoms with van der Waals surface area (Å²) in [6.07, 6.45) is 6.44. The van der Waals surface area contributed by atoms with E-state index in [1.807, 2.05) is 30.5 Å². The first-order valence-corrected chi connectivity index (χ1v) is 8.57. The van der Waals surface area contributed by atoms with Gasteiger partial charge >= 0.3 is 0 Å². The Balaban J connectivity index is 1.52. The number of hydrogen-bond donors (Lipinski definition) is 0. The van der Waals surface area contributed by atoms with E-state index in [-0.39, 0.29) is 0 Å². The molecule has 0 radical (unpaired) electrons. The van der Waals surface area contributed by atoms with Gasteiger partial charge < -0.3 is 4.42 Å². The molecule has 5 nitrogen and oxygen atoms in total. The molecular formula is C17H15IN4O. The Morgan fingerprint density at radius 1 is 1.22 bits per heavy atom. The Hall–Kier alpha value is -1.80. The number of rotatable bonds is 3. The van der Waals surface area contributed by atoms with E-state index >= 15 is 0 Å². The van der Waals surface area contributed by atoms with Gasteiger partial charge in [0.2, 0.25) is 0 Å². The number of pyridine rings is 1.